The van der Waals surface area contributed by atoms with Crippen LogP contribution >= 0.6 is 0 Å². The number of aliphatic hydroxyl groups is 3. The SMILES string of the molecule is CCCCC(=O)O[C@H]1CC[C@]2(C)[C@H]3C[C@@H](O)[C@@H]4[C@@H]([C@](C)(O)CCCC(C)(C)O)CC[C@@]4(C)[C@]3(C)CC[C@H]2C1(C)C. The van der Waals surface area contributed by atoms with E-state index >= 15 is 0 Å². The molecular formula is C35H62O5. The summed E-state index contributed by atoms with van der Waals surface area (Å²) in [7, 11) is 0. The van der Waals surface area contributed by atoms with Crippen LogP contribution in [-0.2, 0) is 9.53 Å². The summed E-state index contributed by atoms with van der Waals surface area (Å²) >= 11 is 0. The predicted octanol–water partition coefficient (Wildman–Crippen LogP) is 7.44. The zero-order valence-corrected chi connectivity index (χ0v) is 27.3. The molecule has 5 nitrogen and oxygen atoms in total. The van der Waals surface area contributed by atoms with Crippen molar-refractivity contribution in [1.82, 2.24) is 0 Å². The van der Waals surface area contributed by atoms with Gasteiger partial charge in [0, 0.05) is 11.8 Å². The highest BCUT2D eigenvalue weighted by atomic mass is 16.5. The van der Waals surface area contributed by atoms with Crippen LogP contribution in [0.3, 0.4) is 0 Å². The number of hydrogen-bond acceptors (Lipinski definition) is 5. The molecule has 0 spiro atoms. The van der Waals surface area contributed by atoms with E-state index < -0.39 is 17.3 Å². The number of aliphatic hydroxyl groups excluding tert-OH is 1. The predicted molar refractivity (Wildman–Crippen MR) is 161 cm³/mol. The Hall–Kier alpha value is -0.650. The first-order valence-corrected chi connectivity index (χ1v) is 16.7. The van der Waals surface area contributed by atoms with Gasteiger partial charge >= 0.3 is 5.97 Å². The molecule has 0 amide bonds. The van der Waals surface area contributed by atoms with Crippen LogP contribution in [-0.4, -0.2) is 44.7 Å². The average Bonchev–Trinajstić information content (AvgIpc) is 3.21. The number of fused-ring (bicyclic) bond motifs is 5. The van der Waals surface area contributed by atoms with Gasteiger partial charge < -0.3 is 20.1 Å². The van der Waals surface area contributed by atoms with Crippen LogP contribution in [0.4, 0.5) is 0 Å². The lowest BCUT2D eigenvalue weighted by Crippen LogP contribution is -2.66. The second-order valence-corrected chi connectivity index (χ2v) is 16.9. The lowest BCUT2D eigenvalue weighted by Gasteiger charge is -2.70. The monoisotopic (exact) mass is 562 g/mol. The Bertz CT molecular complexity index is 919. The number of ether oxygens (including phenoxy) is 1. The lowest BCUT2D eigenvalue weighted by atomic mass is 9.35. The molecule has 0 saturated heterocycles. The zero-order chi connectivity index (χ0) is 29.9. The number of esters is 1. The number of carbonyl (C=O) groups excluding carboxylic acids is 1. The van der Waals surface area contributed by atoms with Gasteiger partial charge in [0.1, 0.15) is 6.10 Å². The summed E-state index contributed by atoms with van der Waals surface area (Å²) in [5.74, 6) is 0.983. The molecule has 0 radical (unpaired) electrons. The maximum Gasteiger partial charge on any atom is 0.306 e. The molecule has 0 aromatic heterocycles. The van der Waals surface area contributed by atoms with Gasteiger partial charge in [-0.25, -0.2) is 0 Å². The summed E-state index contributed by atoms with van der Waals surface area (Å²) in [6.07, 6.45) is 11.1. The molecule has 0 unspecified atom stereocenters. The van der Waals surface area contributed by atoms with Crippen molar-refractivity contribution >= 4 is 5.97 Å². The normalized spacial score (nSPS) is 44.2. The van der Waals surface area contributed by atoms with E-state index in [1.807, 2.05) is 20.8 Å². The highest BCUT2D eigenvalue weighted by molar-refractivity contribution is 5.69. The third-order valence-corrected chi connectivity index (χ3v) is 13.6. The second kappa shape index (κ2) is 10.8. The first-order chi connectivity index (χ1) is 18.3. The Morgan fingerprint density at radius 2 is 1.52 bits per heavy atom. The fourth-order valence-corrected chi connectivity index (χ4v) is 11.2. The third-order valence-electron chi connectivity index (χ3n) is 13.6. The molecule has 4 aliphatic rings. The van der Waals surface area contributed by atoms with Crippen molar-refractivity contribution in [2.24, 2.45) is 45.3 Å². The topological polar surface area (TPSA) is 87.0 Å². The van der Waals surface area contributed by atoms with E-state index in [2.05, 4.69) is 41.5 Å². The van der Waals surface area contributed by atoms with Crippen LogP contribution in [0.2, 0.25) is 0 Å². The average molecular weight is 563 g/mol. The van der Waals surface area contributed by atoms with Crippen LogP contribution < -0.4 is 0 Å². The van der Waals surface area contributed by atoms with Gasteiger partial charge in [-0.2, -0.15) is 0 Å². The van der Waals surface area contributed by atoms with E-state index in [9.17, 15) is 20.1 Å². The summed E-state index contributed by atoms with van der Waals surface area (Å²) in [5.41, 5.74) is -1.50. The van der Waals surface area contributed by atoms with Crippen molar-refractivity contribution in [1.29, 1.82) is 0 Å². The number of rotatable bonds is 9. The molecule has 232 valence electrons. The molecule has 0 aliphatic heterocycles. The largest absolute Gasteiger partial charge is 0.462 e. The lowest BCUT2D eigenvalue weighted by molar-refractivity contribution is -0.249. The minimum atomic E-state index is -0.847. The Morgan fingerprint density at radius 3 is 2.15 bits per heavy atom. The zero-order valence-electron chi connectivity index (χ0n) is 27.3. The molecule has 4 saturated carbocycles. The minimum Gasteiger partial charge on any atom is -0.462 e. The molecule has 0 heterocycles. The fourth-order valence-electron chi connectivity index (χ4n) is 11.2. The van der Waals surface area contributed by atoms with Crippen molar-refractivity contribution in [3.8, 4) is 0 Å². The van der Waals surface area contributed by atoms with Crippen molar-refractivity contribution in [3.05, 3.63) is 0 Å². The van der Waals surface area contributed by atoms with Gasteiger partial charge in [-0.05, 0) is 131 Å². The van der Waals surface area contributed by atoms with E-state index in [1.54, 1.807) is 0 Å². The van der Waals surface area contributed by atoms with Crippen LogP contribution in [0.1, 0.15) is 146 Å². The molecule has 0 aromatic rings. The molecule has 0 aromatic carbocycles. The van der Waals surface area contributed by atoms with Gasteiger partial charge in [0.25, 0.3) is 0 Å². The van der Waals surface area contributed by atoms with Crippen molar-refractivity contribution in [2.45, 2.75) is 169 Å². The van der Waals surface area contributed by atoms with Crippen LogP contribution in [0.25, 0.3) is 0 Å². The highest BCUT2D eigenvalue weighted by Crippen LogP contribution is 2.76. The minimum absolute atomic E-state index is 0.0260. The molecule has 5 heteroatoms. The summed E-state index contributed by atoms with van der Waals surface area (Å²) in [6, 6.07) is 0. The quantitative estimate of drug-likeness (QED) is 0.254. The van der Waals surface area contributed by atoms with Gasteiger partial charge in [0.05, 0.1) is 17.3 Å². The summed E-state index contributed by atoms with van der Waals surface area (Å²) in [6.45, 7) is 19.9. The molecule has 4 rings (SSSR count). The molecule has 4 aliphatic carbocycles. The number of unbranched alkanes of at least 4 members (excludes halogenated alkanes) is 1. The van der Waals surface area contributed by atoms with Crippen LogP contribution in [0, 0.1) is 45.3 Å². The molecule has 10 atom stereocenters. The van der Waals surface area contributed by atoms with Gasteiger partial charge in [-0.1, -0.05) is 48.0 Å². The summed E-state index contributed by atoms with van der Waals surface area (Å²) < 4.78 is 6.15. The highest BCUT2D eigenvalue weighted by Gasteiger charge is 2.71. The Kier molecular flexibility index (Phi) is 8.72. The van der Waals surface area contributed by atoms with Crippen LogP contribution in [0.5, 0.6) is 0 Å². The Labute approximate surface area is 245 Å². The van der Waals surface area contributed by atoms with Gasteiger partial charge in [-0.15, -0.1) is 0 Å². The smallest absolute Gasteiger partial charge is 0.306 e. The van der Waals surface area contributed by atoms with Gasteiger partial charge in [-0.3, -0.25) is 4.79 Å². The first-order valence-electron chi connectivity index (χ1n) is 16.7. The van der Waals surface area contributed by atoms with E-state index in [0.717, 1.165) is 64.2 Å². The summed E-state index contributed by atoms with van der Waals surface area (Å²) in [5, 5.41) is 34.0. The molecule has 40 heavy (non-hydrogen) atoms. The standard InChI is InChI=1S/C35H62O5/c1-10-11-13-28(37)40-27-16-19-32(6)25(31(27,4)5)15-21-33(7)26(32)22-24(36)29-23(14-20-34(29,33)8)35(9,39)18-12-17-30(2,3)38/h23-27,29,36,38-39H,10-22H2,1-9H3/t23-,24+,25-,26+,27-,29-,32-,33+,34+,35+/m0/s1. The Balaban J connectivity index is 1.57. The molecule has 0 bridgehead atoms. The molecular weight excluding hydrogens is 500 g/mol. The van der Waals surface area contributed by atoms with Crippen molar-refractivity contribution in [2.75, 3.05) is 0 Å². The van der Waals surface area contributed by atoms with Crippen molar-refractivity contribution < 1.29 is 24.9 Å². The second-order valence-electron chi connectivity index (χ2n) is 16.9. The van der Waals surface area contributed by atoms with E-state index in [4.69, 9.17) is 4.74 Å². The van der Waals surface area contributed by atoms with E-state index in [1.165, 1.54) is 0 Å². The maximum absolute atomic E-state index is 12.6. The van der Waals surface area contributed by atoms with Gasteiger partial charge in [0.2, 0.25) is 0 Å². The number of carbonyl (C=O) groups is 1. The Morgan fingerprint density at radius 1 is 0.875 bits per heavy atom. The molecule has 4 fully saturated rings. The van der Waals surface area contributed by atoms with Crippen molar-refractivity contribution in [3.63, 3.8) is 0 Å². The maximum atomic E-state index is 12.6. The third kappa shape index (κ3) is 5.32. The van der Waals surface area contributed by atoms with Crippen LogP contribution in [0.15, 0.2) is 0 Å². The van der Waals surface area contributed by atoms with E-state index in [0.29, 0.717) is 31.1 Å². The van der Waals surface area contributed by atoms with E-state index in [-0.39, 0.29) is 45.6 Å². The first kappa shape index (κ1) is 32.3. The number of hydrogen-bond donors (Lipinski definition) is 3. The fraction of sp³-hybridized carbons (Fsp3) is 0.971. The summed E-state index contributed by atoms with van der Waals surface area (Å²) in [4.78, 5) is 12.6. The van der Waals surface area contributed by atoms with Gasteiger partial charge in [0.15, 0.2) is 0 Å². The molecule has 3 N–H and O–H groups in total.